The average molecular weight is 1800 g/mol. The second-order valence-corrected chi connectivity index (χ2v) is 99.0. The van der Waals surface area contributed by atoms with Crippen LogP contribution in [0.1, 0.15) is 200 Å². The topological polar surface area (TPSA) is 36.8 Å². The maximum absolute atomic E-state index is 5.86. The molecule has 0 radical (unpaired) electrons. The Kier molecular flexibility index (Phi) is 35.7. The van der Waals surface area contributed by atoms with Crippen LogP contribution in [0.4, 0.5) is 0 Å². The molecule has 507 valence electrons. The molecule has 1 N–H and O–H groups in total. The van der Waals surface area contributed by atoms with Crippen molar-refractivity contribution in [2.24, 2.45) is 86.4 Å². The van der Waals surface area contributed by atoms with Crippen LogP contribution >= 0.6 is 138 Å². The summed E-state index contributed by atoms with van der Waals surface area (Å²) in [6.07, 6.45) is 26.7. The van der Waals surface area contributed by atoms with Gasteiger partial charge in [0.05, 0.1) is 16.4 Å². The molecule has 0 spiro atoms. The van der Waals surface area contributed by atoms with E-state index in [-0.39, 0.29) is 65.6 Å². The van der Waals surface area contributed by atoms with Gasteiger partial charge in [0.1, 0.15) is 0 Å². The smallest absolute Gasteiger partial charge is 1.00 e. The van der Waals surface area contributed by atoms with Crippen molar-refractivity contribution in [1.82, 2.24) is 5.09 Å². The van der Waals surface area contributed by atoms with E-state index in [1.165, 1.54) is 127 Å². The van der Waals surface area contributed by atoms with Crippen molar-refractivity contribution in [3.8, 4) is 0 Å². The van der Waals surface area contributed by atoms with Gasteiger partial charge in [-0.3, -0.25) is 14.6 Å². The normalized spacial score (nSPS) is 37.4. The fraction of sp³-hybridized carbons (Fsp3) is 0.846. The Bertz CT molecular complexity index is 2530. The maximum Gasteiger partial charge on any atom is 1.00 e. The average Bonchev–Trinajstić information content (AvgIpc) is 1.23. The molecule has 0 amide bonds. The third-order valence-corrected chi connectivity index (χ3v) is 33.1. The molecule has 0 heterocycles. The van der Waals surface area contributed by atoms with Crippen molar-refractivity contribution in [3.05, 3.63) is 52.0 Å². The fourth-order valence-corrected chi connectivity index (χ4v) is 33.6. The molecule has 0 aromatic rings. The summed E-state index contributed by atoms with van der Waals surface area (Å²) in [7, 11) is 51.5. The molecule has 0 aromatic heterocycles. The summed E-state index contributed by atoms with van der Waals surface area (Å²) in [6, 6.07) is 0. The van der Waals surface area contributed by atoms with Gasteiger partial charge >= 0.3 is 194 Å². The SMILES string of the molecule is CC1=C(C)C(=P(C)(C)NC23CC4CC(CC(C4)C2)C3)C(C)=C1C.CC1=C(C)C(P(C)(C)=NC23CC4CC(CC(C4)C2)C3)C(C)=C1C.CC1C(C)C(C)C(P(C)(C)=NC23CC4CC(CC(C4)C2)C3)C1C.ClCCl.[CH3-].[Cl][Zr]([Cl])([Cl])[Cl].[Cl][Zr]([Cl])([Cl])[Cl].[Cl][Zr]([Cl])[Cl].[H-].[K+]. The molecule has 13 fully saturated rings. The zero-order valence-electron chi connectivity index (χ0n) is 58.2. The quantitative estimate of drug-likeness (QED) is 0.122. The van der Waals surface area contributed by atoms with E-state index in [1.807, 2.05) is 0 Å². The van der Waals surface area contributed by atoms with E-state index < -0.39 is 70.3 Å². The molecule has 0 saturated heterocycles. The van der Waals surface area contributed by atoms with Gasteiger partial charge in [-0.2, -0.15) is 0 Å². The van der Waals surface area contributed by atoms with Gasteiger partial charge in [0.2, 0.25) is 0 Å². The predicted octanol–water partition coefficient (Wildman–Crippen LogP) is 25.0. The number of rotatable bonds is 6. The molecule has 13 saturated carbocycles. The van der Waals surface area contributed by atoms with Gasteiger partial charge in [0, 0.05) is 11.2 Å². The van der Waals surface area contributed by atoms with Gasteiger partial charge in [-0.25, -0.2) is 0 Å². The molecule has 12 bridgehead atoms. The van der Waals surface area contributed by atoms with Crippen molar-refractivity contribution < 1.29 is 102 Å². The van der Waals surface area contributed by atoms with E-state index in [4.69, 9.17) is 126 Å². The first-order valence-corrected chi connectivity index (χ1v) is 76.1. The molecule has 4 unspecified atom stereocenters. The standard InChI is InChI=1S/C21H38NP.2C21H34NP.CH2Cl2.CH3.11ClH.K.3Zr.H/c3*1-13-14(2)16(4)20(15(13)3)23(5,6)22-21-10-17-7-18(11-21)9-19(8-17)12-21;2-1-3;;;;;;;;;;;;;;;;;/h13-20H,7-12H2,1-6H3;17-19,22H,7-12H2,1-6H3;17-20H,7-12H2,1-6H3;1H2;1H3;11*1H;;;;;/q;;;;-1;;;;;;;;;;;;+1;+3;2*+4;-1/p-11. The molecule has 23 heteroatoms. The molecule has 0 aliphatic heterocycles. The number of nitrogens with one attached hydrogen (secondary N) is 1. The van der Waals surface area contributed by atoms with Crippen LogP contribution in [0.15, 0.2) is 54.1 Å². The Hall–Kier alpha value is 7.74. The second-order valence-electron chi connectivity index (χ2n) is 31.2. The number of hydrogen-bond donors (Lipinski definition) is 1. The van der Waals surface area contributed by atoms with Crippen molar-refractivity contribution in [2.45, 2.75) is 227 Å². The van der Waals surface area contributed by atoms with Crippen LogP contribution in [0, 0.1) is 84.4 Å². The van der Waals surface area contributed by atoms with Crippen LogP contribution in [0.2, 0.25) is 0 Å². The Morgan fingerprint density at radius 2 is 0.670 bits per heavy atom. The van der Waals surface area contributed by atoms with Crippen molar-refractivity contribution >= 4 is 143 Å². The molecule has 15 aliphatic carbocycles. The Balaban J connectivity index is 0.000000304. The van der Waals surface area contributed by atoms with Crippen LogP contribution in [-0.4, -0.2) is 78.6 Å². The zero-order chi connectivity index (χ0) is 65.0. The summed E-state index contributed by atoms with van der Waals surface area (Å²) in [5, 5.41) is 6.23. The minimum absolute atomic E-state index is 0. The predicted molar refractivity (Wildman–Crippen MR) is 398 cm³/mol. The second kappa shape index (κ2) is 35.7. The first-order chi connectivity index (χ1) is 39.3. The first-order valence-electron chi connectivity index (χ1n) is 32.1. The Morgan fingerprint density at radius 3 is 0.920 bits per heavy atom. The summed E-state index contributed by atoms with van der Waals surface area (Å²) >= 11 is 0.819. The van der Waals surface area contributed by atoms with E-state index in [0.29, 0.717) is 22.3 Å². The van der Waals surface area contributed by atoms with Crippen LogP contribution in [0.25, 0.3) is 0 Å². The van der Waals surface area contributed by atoms with Crippen molar-refractivity contribution in [2.75, 3.05) is 45.3 Å². The Labute approximate surface area is 649 Å². The zero-order valence-corrected chi connectivity index (χ0v) is 80.3. The van der Waals surface area contributed by atoms with Gasteiger partial charge in [-0.15, -0.1) is 23.2 Å². The number of alkyl halides is 2. The van der Waals surface area contributed by atoms with E-state index in [9.17, 15) is 0 Å². The van der Waals surface area contributed by atoms with Gasteiger partial charge in [-0.1, -0.05) is 38.8 Å². The Morgan fingerprint density at radius 1 is 0.443 bits per heavy atom. The third kappa shape index (κ3) is 23.6. The summed E-state index contributed by atoms with van der Waals surface area (Å²) in [5.41, 5.74) is 15.3. The van der Waals surface area contributed by atoms with Crippen molar-refractivity contribution in [1.29, 1.82) is 0 Å². The number of nitrogens with zero attached hydrogens (tertiary/aromatic N) is 2. The fourth-order valence-electron chi connectivity index (χ4n) is 22.0. The molecular formula is C65H112Cl13KN3P3Zr3-. The first kappa shape index (κ1) is 88.1. The molecular weight excluding hydrogens is 1690 g/mol. The van der Waals surface area contributed by atoms with Crippen LogP contribution < -0.4 is 56.5 Å². The van der Waals surface area contributed by atoms with E-state index in [0.717, 1.165) is 82.6 Å². The van der Waals surface area contributed by atoms with Gasteiger partial charge in [-0.05, 0) is 353 Å². The molecule has 15 aliphatic rings. The maximum atomic E-state index is 5.86. The molecule has 88 heavy (non-hydrogen) atoms. The third-order valence-electron chi connectivity index (χ3n) is 24.0. The molecule has 15 rings (SSSR count). The summed E-state index contributed by atoms with van der Waals surface area (Å²) in [6.45, 7) is 44.1. The van der Waals surface area contributed by atoms with Gasteiger partial charge in [0.25, 0.3) is 0 Å². The van der Waals surface area contributed by atoms with E-state index >= 15 is 0 Å². The minimum Gasteiger partial charge on any atom is -1.00 e. The largest absolute Gasteiger partial charge is 1.00 e. The molecule has 4 atom stereocenters. The van der Waals surface area contributed by atoms with Gasteiger partial charge in [0.15, 0.2) is 0 Å². The van der Waals surface area contributed by atoms with Crippen LogP contribution in [0.5, 0.6) is 0 Å². The number of allylic oxidation sites excluding steroid dienone is 8. The van der Waals surface area contributed by atoms with E-state index in [1.54, 1.807) is 38.7 Å². The van der Waals surface area contributed by atoms with Crippen molar-refractivity contribution in [3.63, 3.8) is 0 Å². The minimum atomic E-state index is -3.29. The molecule has 3 nitrogen and oxygen atoms in total. The monoisotopic (exact) mass is 1790 g/mol. The number of hydrogen-bond acceptors (Lipinski definition) is 3. The molecule has 0 aromatic carbocycles. The summed E-state index contributed by atoms with van der Waals surface area (Å²) < 4.78 is 11.7. The van der Waals surface area contributed by atoms with Gasteiger partial charge < -0.3 is 8.85 Å². The summed E-state index contributed by atoms with van der Waals surface area (Å²) in [5.74, 6) is 12.7. The van der Waals surface area contributed by atoms with E-state index in [2.05, 4.69) is 128 Å². The van der Waals surface area contributed by atoms with Crippen LogP contribution in [-0.2, 0) is 49.2 Å². The number of halogens is 13. The van der Waals surface area contributed by atoms with Crippen LogP contribution in [0.3, 0.4) is 0 Å². The summed E-state index contributed by atoms with van der Waals surface area (Å²) in [4.78, 5) is 0.